The highest BCUT2D eigenvalue weighted by Gasteiger charge is 2.21. The summed E-state index contributed by atoms with van der Waals surface area (Å²) in [4.78, 5) is 27.2. The summed E-state index contributed by atoms with van der Waals surface area (Å²) < 4.78 is 7.76. The molecule has 37 heavy (non-hydrogen) atoms. The highest BCUT2D eigenvalue weighted by Crippen LogP contribution is 2.32. The second-order valence-electron chi connectivity index (χ2n) is 8.71. The van der Waals surface area contributed by atoms with Crippen molar-refractivity contribution in [2.75, 3.05) is 13.2 Å². The number of fused-ring (bicyclic) bond motifs is 3. The minimum atomic E-state index is -0.375. The summed E-state index contributed by atoms with van der Waals surface area (Å²) >= 11 is 1.41. The van der Waals surface area contributed by atoms with E-state index in [4.69, 9.17) is 4.74 Å². The molecular formula is C30H26N2O4S. The predicted molar refractivity (Wildman–Crippen MR) is 148 cm³/mol. The van der Waals surface area contributed by atoms with E-state index in [1.165, 1.54) is 11.3 Å². The number of thiophene rings is 1. The van der Waals surface area contributed by atoms with Crippen molar-refractivity contribution in [2.45, 2.75) is 20.4 Å². The third kappa shape index (κ3) is 4.59. The normalized spacial score (nSPS) is 11.9. The van der Waals surface area contributed by atoms with Crippen LogP contribution in [0.3, 0.4) is 0 Å². The molecule has 1 N–H and O–H groups in total. The Hall–Kier alpha value is -4.07. The van der Waals surface area contributed by atoms with Gasteiger partial charge < -0.3 is 14.5 Å². The molecule has 0 spiro atoms. The molecule has 2 aromatic heterocycles. The molecule has 186 valence electrons. The van der Waals surface area contributed by atoms with E-state index in [2.05, 4.69) is 9.72 Å². The van der Waals surface area contributed by atoms with Crippen LogP contribution in [0.1, 0.15) is 43.6 Å². The maximum Gasteiger partial charge on any atom is 0.215 e. The van der Waals surface area contributed by atoms with Gasteiger partial charge in [0.1, 0.15) is 0 Å². The third-order valence-corrected chi connectivity index (χ3v) is 7.38. The van der Waals surface area contributed by atoms with Gasteiger partial charge in [-0.2, -0.15) is 0 Å². The fourth-order valence-electron chi connectivity index (χ4n) is 4.67. The number of carbonyl (C=O) groups is 2. The SMILES string of the molecule is CCOCCn1c2ccc(C(=O)/C(=N/O)c3ccccc3C)cc2c2cc(C(=O)c3cccs3)ccc21. The van der Waals surface area contributed by atoms with Gasteiger partial charge in [-0.15, -0.1) is 11.3 Å². The highest BCUT2D eigenvalue weighted by atomic mass is 32.1. The van der Waals surface area contributed by atoms with Gasteiger partial charge >= 0.3 is 0 Å². The minimum Gasteiger partial charge on any atom is -0.410 e. The van der Waals surface area contributed by atoms with E-state index in [1.807, 2.05) is 79.9 Å². The number of oxime groups is 1. The molecule has 0 atom stereocenters. The maximum atomic E-state index is 13.5. The van der Waals surface area contributed by atoms with E-state index in [0.717, 1.165) is 27.4 Å². The van der Waals surface area contributed by atoms with Gasteiger partial charge in [0.05, 0.1) is 11.5 Å². The van der Waals surface area contributed by atoms with Crippen molar-refractivity contribution < 1.29 is 19.5 Å². The van der Waals surface area contributed by atoms with Crippen LogP contribution in [0.15, 0.2) is 83.3 Å². The van der Waals surface area contributed by atoms with Crippen LogP contribution >= 0.6 is 11.3 Å². The molecule has 0 aliphatic rings. The van der Waals surface area contributed by atoms with E-state index in [-0.39, 0.29) is 17.3 Å². The first-order chi connectivity index (χ1) is 18.0. The quantitative estimate of drug-likeness (QED) is 0.0808. The molecule has 3 aromatic carbocycles. The van der Waals surface area contributed by atoms with Crippen molar-refractivity contribution in [3.63, 3.8) is 0 Å². The molecule has 5 aromatic rings. The van der Waals surface area contributed by atoms with E-state index >= 15 is 0 Å². The fraction of sp³-hybridized carbons (Fsp3) is 0.167. The van der Waals surface area contributed by atoms with Crippen molar-refractivity contribution in [3.8, 4) is 0 Å². The summed E-state index contributed by atoms with van der Waals surface area (Å²) in [5, 5.41) is 16.7. The van der Waals surface area contributed by atoms with Crippen LogP contribution in [0.25, 0.3) is 21.8 Å². The number of benzene rings is 3. The number of hydrogen-bond donors (Lipinski definition) is 1. The summed E-state index contributed by atoms with van der Waals surface area (Å²) in [7, 11) is 0. The van der Waals surface area contributed by atoms with Crippen LogP contribution in [0.5, 0.6) is 0 Å². The molecule has 0 saturated carbocycles. The zero-order valence-corrected chi connectivity index (χ0v) is 21.4. The molecule has 0 amide bonds. The van der Waals surface area contributed by atoms with Crippen LogP contribution in [0, 0.1) is 6.92 Å². The number of carbonyl (C=O) groups excluding carboxylic acids is 2. The van der Waals surface area contributed by atoms with Gasteiger partial charge in [-0.05, 0) is 67.3 Å². The van der Waals surface area contributed by atoms with E-state index in [9.17, 15) is 14.8 Å². The molecule has 0 bridgehead atoms. The largest absolute Gasteiger partial charge is 0.410 e. The number of aromatic nitrogens is 1. The lowest BCUT2D eigenvalue weighted by atomic mass is 9.96. The molecule has 6 nitrogen and oxygen atoms in total. The molecule has 0 radical (unpaired) electrons. The molecule has 0 saturated heterocycles. The number of ether oxygens (including phenoxy) is 1. The maximum absolute atomic E-state index is 13.5. The van der Waals surface area contributed by atoms with Gasteiger partial charge in [0.2, 0.25) is 11.6 Å². The van der Waals surface area contributed by atoms with Crippen molar-refractivity contribution in [1.82, 2.24) is 4.57 Å². The lowest BCUT2D eigenvalue weighted by molar-refractivity contribution is 0.104. The average molecular weight is 511 g/mol. The first-order valence-corrected chi connectivity index (χ1v) is 13.0. The lowest BCUT2D eigenvalue weighted by Gasteiger charge is -2.09. The van der Waals surface area contributed by atoms with Crippen LogP contribution < -0.4 is 0 Å². The predicted octanol–water partition coefficient (Wildman–Crippen LogP) is 6.49. The number of hydrogen-bond acceptors (Lipinski definition) is 6. The molecule has 5 rings (SSSR count). The van der Waals surface area contributed by atoms with Gasteiger partial charge in [-0.1, -0.05) is 35.5 Å². The molecule has 0 unspecified atom stereocenters. The Morgan fingerprint density at radius 1 is 0.946 bits per heavy atom. The number of ketones is 2. The highest BCUT2D eigenvalue weighted by molar-refractivity contribution is 7.12. The second-order valence-corrected chi connectivity index (χ2v) is 9.66. The average Bonchev–Trinajstić information content (AvgIpc) is 3.56. The number of aryl methyl sites for hydroxylation is 1. The Bertz CT molecular complexity index is 1650. The summed E-state index contributed by atoms with van der Waals surface area (Å²) in [6.07, 6.45) is 0. The number of nitrogens with zero attached hydrogens (tertiary/aromatic N) is 2. The Labute approximate surface area is 218 Å². The van der Waals surface area contributed by atoms with Gasteiger partial charge in [-0.25, -0.2) is 0 Å². The van der Waals surface area contributed by atoms with Crippen LogP contribution in [0.2, 0.25) is 0 Å². The van der Waals surface area contributed by atoms with Crippen LogP contribution in [-0.4, -0.2) is 40.3 Å². The topological polar surface area (TPSA) is 80.9 Å². The first kappa shape index (κ1) is 24.6. The fourth-order valence-corrected chi connectivity index (χ4v) is 5.36. The zero-order chi connectivity index (χ0) is 25.9. The summed E-state index contributed by atoms with van der Waals surface area (Å²) in [6, 6.07) is 22.2. The van der Waals surface area contributed by atoms with Crippen molar-refractivity contribution in [1.29, 1.82) is 0 Å². The van der Waals surface area contributed by atoms with Gasteiger partial charge in [0.25, 0.3) is 0 Å². The third-order valence-electron chi connectivity index (χ3n) is 6.51. The summed E-state index contributed by atoms with van der Waals surface area (Å²) in [5.74, 6) is -0.409. The lowest BCUT2D eigenvalue weighted by Crippen LogP contribution is -2.17. The van der Waals surface area contributed by atoms with Crippen molar-refractivity contribution in [2.24, 2.45) is 5.16 Å². The first-order valence-electron chi connectivity index (χ1n) is 12.1. The Morgan fingerprint density at radius 2 is 1.65 bits per heavy atom. The summed E-state index contributed by atoms with van der Waals surface area (Å²) in [6.45, 7) is 5.62. The van der Waals surface area contributed by atoms with Gasteiger partial charge in [-0.3, -0.25) is 9.59 Å². The smallest absolute Gasteiger partial charge is 0.215 e. The Balaban J connectivity index is 1.65. The van der Waals surface area contributed by atoms with E-state index < -0.39 is 0 Å². The summed E-state index contributed by atoms with van der Waals surface area (Å²) in [5.41, 5.74) is 4.30. The van der Waals surface area contributed by atoms with E-state index in [0.29, 0.717) is 41.3 Å². The minimum absolute atomic E-state index is 0.00824. The Kier molecular flexibility index (Phi) is 6.99. The zero-order valence-electron chi connectivity index (χ0n) is 20.6. The van der Waals surface area contributed by atoms with Crippen molar-refractivity contribution >= 4 is 50.4 Å². The van der Waals surface area contributed by atoms with Gasteiger partial charge in [0, 0.05) is 51.6 Å². The molecule has 7 heteroatoms. The number of Topliss-reactive ketones (excluding diaryl/α,β-unsaturated/α-hetero) is 1. The van der Waals surface area contributed by atoms with E-state index in [1.54, 1.807) is 12.1 Å². The van der Waals surface area contributed by atoms with Gasteiger partial charge in [0.15, 0.2) is 5.71 Å². The Morgan fingerprint density at radius 3 is 2.30 bits per heavy atom. The van der Waals surface area contributed by atoms with Crippen molar-refractivity contribution in [3.05, 3.63) is 105 Å². The number of rotatable bonds is 9. The molecule has 0 aliphatic heterocycles. The monoisotopic (exact) mass is 510 g/mol. The molecule has 2 heterocycles. The van der Waals surface area contributed by atoms with Crippen LogP contribution in [-0.2, 0) is 11.3 Å². The molecular weight excluding hydrogens is 484 g/mol. The van der Waals surface area contributed by atoms with Crippen LogP contribution in [0.4, 0.5) is 0 Å². The molecule has 0 fully saturated rings. The standard InChI is InChI=1S/C30H26N2O4S/c1-3-36-15-14-32-25-12-10-20(29(33)27-9-6-16-37-27)17-23(25)24-18-21(11-13-26(24)32)30(34)28(31-35)22-8-5-4-7-19(22)2/h4-13,16-18,35H,3,14-15H2,1-2H3/b31-28+. The second kappa shape index (κ2) is 10.5. The molecule has 0 aliphatic carbocycles.